The van der Waals surface area contributed by atoms with Gasteiger partial charge in [-0.2, -0.15) is 132 Å². The maximum Gasteiger partial charge on any atom is 0.394 e. The Morgan fingerprint density at radius 3 is 0.489 bits per heavy atom. The summed E-state index contributed by atoms with van der Waals surface area (Å²) < 4.78 is 384. The van der Waals surface area contributed by atoms with E-state index in [0.29, 0.717) is 89.9 Å². The molecule has 0 aromatic rings. The summed E-state index contributed by atoms with van der Waals surface area (Å²) in [5.74, 6) is -2.03. The fraction of sp³-hybridized carbons (Fsp3) is 1.00. The zero-order chi connectivity index (χ0) is 110. The molecule has 0 aromatic carbocycles. The quantitative estimate of drug-likeness (QED) is 0.0541. The second-order valence-corrected chi connectivity index (χ2v) is 42.5. The van der Waals surface area contributed by atoms with Crippen LogP contribution < -0.4 is 0 Å². The van der Waals surface area contributed by atoms with Crippen molar-refractivity contribution in [2.24, 2.45) is 130 Å². The highest BCUT2D eigenvalue weighted by Crippen LogP contribution is 2.61. The van der Waals surface area contributed by atoms with Crippen molar-refractivity contribution in [1.82, 2.24) is 0 Å². The molecule has 0 rings (SSSR count). The molecule has 30 heteroatoms. The van der Waals surface area contributed by atoms with Crippen LogP contribution in [0.1, 0.15) is 472 Å². The summed E-state index contributed by atoms with van der Waals surface area (Å²) in [7, 11) is 0. The normalized spacial score (nSPS) is 17.0. The van der Waals surface area contributed by atoms with E-state index in [0.717, 1.165) is 0 Å². The van der Waals surface area contributed by atoms with Gasteiger partial charge in [0.25, 0.3) is 0 Å². The van der Waals surface area contributed by atoms with E-state index in [-0.39, 0.29) is 136 Å². The van der Waals surface area contributed by atoms with Crippen LogP contribution in [0.2, 0.25) is 0 Å². The van der Waals surface area contributed by atoms with Gasteiger partial charge in [-0.3, -0.25) is 0 Å². The first kappa shape index (κ1) is 151. The number of hydrogen-bond acceptors (Lipinski definition) is 0. The van der Waals surface area contributed by atoms with Crippen molar-refractivity contribution in [3.8, 4) is 0 Å². The van der Waals surface area contributed by atoms with Crippen LogP contribution in [0, 0.1) is 130 Å². The standard InChI is InChI=1S/C13H25F3.2C12H23F3.2C11H21F3.C10H19F3.2C9H17F3.2C8H15F3/c1-7-8-12(6,13(14,15)16)11(9(2)3)10(4)5;1-7-11(6,12(13,14)15)10(8(2)3)9(4)5;1-6-9-11(5,12(13,14)15)10(4,7-2)8-3;1-6-9(4,7-2)10(5,8-3)11(12,13)14;1-5-8-10(4,11(12,13)14)9(6-2)7-3;1-5-8(6-2)9(4,7-3)10(11,12)13;1-6(2)8(5,7(3)4)9(10,11)12;1-4-6-8(3,7-5-2)9(10,11)12;1-5-7(4,6(2)3)8(9,10)11;1-4-6-7(3,5-2)8(9,10)11/h9-11H,7-8H2,1-6H3;8-10H,7H2,1-6H3;6-9H2,1-5H3;6-8H2,1-5H3;9H,5-8H2,1-4H3;8H,5-7H2,1-4H3;6-7H,1-5H3;4-7H2,1-3H3;6H,5H2,1-4H3;4-6H2,1-3H3/t12-;2*11-;2*10-;9-;;;2*7-/m000000..00/s1. The molecular weight excluding hydrogens is 1810 g/mol. The largest absolute Gasteiger partial charge is 0.394 e. The Hall–Kier alpha value is -2.10. The Morgan fingerprint density at radius 1 is 0.165 bits per heavy atom. The van der Waals surface area contributed by atoms with Crippen molar-refractivity contribution in [1.29, 1.82) is 0 Å². The van der Waals surface area contributed by atoms with E-state index < -0.39 is 127 Å². The van der Waals surface area contributed by atoms with Gasteiger partial charge in [0.1, 0.15) is 0 Å². The van der Waals surface area contributed by atoms with Gasteiger partial charge in [0.05, 0.1) is 54.1 Å². The fourth-order valence-corrected chi connectivity index (χ4v) is 19.5. The predicted octanol–water partition coefficient (Wildman–Crippen LogP) is 44.7. The Balaban J connectivity index is -0.000000158. The Morgan fingerprint density at radius 2 is 0.376 bits per heavy atom. The molecule has 0 saturated carbocycles. The molecule has 818 valence electrons. The topological polar surface area (TPSA) is 0 Å². The molecule has 0 spiro atoms. The number of rotatable bonds is 38. The van der Waals surface area contributed by atoms with Crippen LogP contribution in [0.4, 0.5) is 132 Å². The Kier molecular flexibility index (Phi) is 69.5. The van der Waals surface area contributed by atoms with E-state index in [1.165, 1.54) is 69.2 Å². The van der Waals surface area contributed by atoms with Crippen molar-refractivity contribution < 1.29 is 132 Å². The third-order valence-electron chi connectivity index (χ3n) is 32.4. The predicted molar refractivity (Wildman–Crippen MR) is 499 cm³/mol. The van der Waals surface area contributed by atoms with Crippen molar-refractivity contribution in [3.05, 3.63) is 0 Å². The summed E-state index contributed by atoms with van der Waals surface area (Å²) in [6.07, 6.45) is -30.5. The molecule has 0 aliphatic carbocycles. The molecule has 0 amide bonds. The van der Waals surface area contributed by atoms with Gasteiger partial charge in [-0.15, -0.1) is 0 Å². The van der Waals surface area contributed by atoms with Gasteiger partial charge in [0.2, 0.25) is 0 Å². The van der Waals surface area contributed by atoms with Crippen molar-refractivity contribution in [2.75, 3.05) is 0 Å². The minimum Gasteiger partial charge on any atom is -0.171 e. The van der Waals surface area contributed by atoms with E-state index in [2.05, 4.69) is 0 Å². The molecule has 0 saturated heterocycles. The molecule has 133 heavy (non-hydrogen) atoms. The zero-order valence-corrected chi connectivity index (χ0v) is 91.4. The van der Waals surface area contributed by atoms with Crippen LogP contribution in [-0.4, -0.2) is 61.8 Å². The first-order chi connectivity index (χ1) is 58.8. The maximum atomic E-state index is 13.3. The highest BCUT2D eigenvalue weighted by molar-refractivity contribution is 4.99. The van der Waals surface area contributed by atoms with E-state index in [1.54, 1.807) is 111 Å². The molecule has 0 bridgehead atoms. The summed E-state index contributed by atoms with van der Waals surface area (Å²) in [6, 6.07) is 0. The summed E-state index contributed by atoms with van der Waals surface area (Å²) in [5, 5.41) is 0. The first-order valence-corrected chi connectivity index (χ1v) is 49.5. The van der Waals surface area contributed by atoms with Crippen molar-refractivity contribution in [3.63, 3.8) is 0 Å². The lowest BCUT2D eigenvalue weighted by Gasteiger charge is -2.47. The Bertz CT molecular complexity index is 2820. The smallest absolute Gasteiger partial charge is 0.171 e. The van der Waals surface area contributed by atoms with E-state index in [9.17, 15) is 132 Å². The SMILES string of the molecule is CC(C)C(C)(C(C)C)C(F)(F)F.CCC(C)(CC)[C@](C)(CC)C(F)(F)F.CCC(CC)[C@](C)(CC)C(F)(F)F.CCCC(C)(CCC)C(F)(F)F.CCC[C@@](C)(C(C(C)C)C(C)C)C(F)(F)F.CCC[C@@](C)(C(CC)CC)C(F)(F)F.CCC[C@](C)(C(F)(F)F)C(C)(CC)CC.CCC[C@](C)(CC)C(F)(F)F.CC[C@@](C)(C(C(C)C)C(C)C)C(F)(F)F.CC[C@@](C)(C(C)C)C(F)(F)F. The summed E-state index contributed by atoms with van der Waals surface area (Å²) in [6.45, 7) is 75.2. The van der Waals surface area contributed by atoms with Gasteiger partial charge in [-0.1, -0.05) is 376 Å². The highest BCUT2D eigenvalue weighted by atomic mass is 19.4. The van der Waals surface area contributed by atoms with Crippen LogP contribution in [0.5, 0.6) is 0 Å². The van der Waals surface area contributed by atoms with Crippen molar-refractivity contribution in [2.45, 2.75) is 534 Å². The third kappa shape index (κ3) is 42.8. The van der Waals surface area contributed by atoms with Crippen LogP contribution in [0.25, 0.3) is 0 Å². The molecule has 0 unspecified atom stereocenters. The first-order valence-electron chi connectivity index (χ1n) is 49.5. The maximum absolute atomic E-state index is 13.3. The highest BCUT2D eigenvalue weighted by Gasteiger charge is 2.63. The van der Waals surface area contributed by atoms with E-state index >= 15 is 0 Å². The average Bonchev–Trinajstić information content (AvgIpc) is 0.762. The van der Waals surface area contributed by atoms with Gasteiger partial charge >= 0.3 is 61.8 Å². The lowest BCUT2D eigenvalue weighted by Crippen LogP contribution is -2.48. The molecular formula is C103H196F30. The van der Waals surface area contributed by atoms with Crippen LogP contribution in [0.3, 0.4) is 0 Å². The van der Waals surface area contributed by atoms with Crippen LogP contribution in [-0.2, 0) is 0 Å². The summed E-state index contributed by atoms with van der Waals surface area (Å²) in [5.41, 5.74) is -16.6. The van der Waals surface area contributed by atoms with Gasteiger partial charge in [-0.05, 0) is 172 Å². The molecule has 0 aliphatic heterocycles. The summed E-state index contributed by atoms with van der Waals surface area (Å²) in [4.78, 5) is 0. The lowest BCUT2D eigenvalue weighted by molar-refractivity contribution is -0.261. The Labute approximate surface area is 792 Å². The number of hydrogen-bond donors (Lipinski definition) is 0. The molecule has 0 nitrogen and oxygen atoms in total. The van der Waals surface area contributed by atoms with Crippen LogP contribution >= 0.6 is 0 Å². The summed E-state index contributed by atoms with van der Waals surface area (Å²) >= 11 is 0. The van der Waals surface area contributed by atoms with Gasteiger partial charge < -0.3 is 0 Å². The molecule has 0 heterocycles. The van der Waals surface area contributed by atoms with E-state index in [4.69, 9.17) is 0 Å². The molecule has 0 aromatic heterocycles. The number of alkyl halides is 30. The monoisotopic (exact) mass is 2000 g/mol. The number of halogens is 30. The van der Waals surface area contributed by atoms with Crippen molar-refractivity contribution >= 4 is 0 Å². The van der Waals surface area contributed by atoms with Gasteiger partial charge in [0.15, 0.2) is 0 Å². The van der Waals surface area contributed by atoms with E-state index in [1.807, 2.05) is 132 Å². The third-order valence-corrected chi connectivity index (χ3v) is 32.4. The minimum atomic E-state index is -4.11. The van der Waals surface area contributed by atoms with Gasteiger partial charge in [-0.25, -0.2) is 0 Å². The fourth-order valence-electron chi connectivity index (χ4n) is 19.5. The molecule has 0 aliphatic rings. The van der Waals surface area contributed by atoms with Crippen LogP contribution in [0.15, 0.2) is 0 Å². The molecule has 8 atom stereocenters. The minimum absolute atomic E-state index is 0.0524. The zero-order valence-electron chi connectivity index (χ0n) is 91.4. The second-order valence-electron chi connectivity index (χ2n) is 42.5. The lowest BCUT2D eigenvalue weighted by atomic mass is 9.60. The second kappa shape index (κ2) is 61.1. The molecule has 0 N–H and O–H groups in total. The molecule has 0 fully saturated rings. The van der Waals surface area contributed by atoms with Gasteiger partial charge in [0, 0.05) is 0 Å². The molecule has 0 radical (unpaired) electrons. The average molecular weight is 2000 g/mol.